The molecule has 162 valence electrons. The SMILES string of the molecule is Cc1cc(C)cc(N2C(=O)CS(=O)(=O)[C@@]23C(=O)N(Cc2ccccc2)c2ccccc23)c1. The molecule has 2 heterocycles. The molecule has 7 heteroatoms. The molecule has 1 spiro atoms. The molecular formula is C25H22N2O4S. The predicted octanol–water partition coefficient (Wildman–Crippen LogP) is 3.46. The second-order valence-electron chi connectivity index (χ2n) is 8.37. The maximum Gasteiger partial charge on any atom is 0.274 e. The smallest absolute Gasteiger partial charge is 0.274 e. The Kier molecular flexibility index (Phi) is 4.49. The van der Waals surface area contributed by atoms with Gasteiger partial charge in [-0.2, -0.15) is 0 Å². The van der Waals surface area contributed by atoms with E-state index in [1.165, 1.54) is 9.80 Å². The van der Waals surface area contributed by atoms with E-state index in [2.05, 4.69) is 0 Å². The minimum absolute atomic E-state index is 0.211. The first kappa shape index (κ1) is 20.5. The third-order valence-electron chi connectivity index (χ3n) is 6.07. The molecule has 6 nitrogen and oxygen atoms in total. The minimum atomic E-state index is -4.16. The lowest BCUT2D eigenvalue weighted by Gasteiger charge is -2.33. The highest BCUT2D eigenvalue weighted by Gasteiger charge is 2.69. The minimum Gasteiger partial charge on any atom is -0.304 e. The summed E-state index contributed by atoms with van der Waals surface area (Å²) in [6.45, 7) is 3.97. The number of amides is 2. The highest BCUT2D eigenvalue weighted by Crippen LogP contribution is 2.52. The van der Waals surface area contributed by atoms with E-state index in [0.717, 1.165) is 16.7 Å². The monoisotopic (exact) mass is 446 g/mol. The van der Waals surface area contributed by atoms with E-state index in [1.54, 1.807) is 36.4 Å². The molecule has 2 aliphatic rings. The van der Waals surface area contributed by atoms with Crippen molar-refractivity contribution in [3.63, 3.8) is 0 Å². The number of rotatable bonds is 3. The fourth-order valence-electron chi connectivity index (χ4n) is 4.89. The number of aryl methyl sites for hydroxylation is 2. The second kappa shape index (κ2) is 7.03. The van der Waals surface area contributed by atoms with E-state index in [0.29, 0.717) is 16.9 Å². The predicted molar refractivity (Wildman–Crippen MR) is 123 cm³/mol. The zero-order valence-corrected chi connectivity index (χ0v) is 18.6. The molecule has 32 heavy (non-hydrogen) atoms. The van der Waals surface area contributed by atoms with Crippen LogP contribution in [0.15, 0.2) is 72.8 Å². The molecule has 1 saturated heterocycles. The summed E-state index contributed by atoms with van der Waals surface area (Å²) >= 11 is 0. The average Bonchev–Trinajstić information content (AvgIpc) is 3.11. The van der Waals surface area contributed by atoms with Gasteiger partial charge in [-0.1, -0.05) is 54.6 Å². The fourth-order valence-corrected chi connectivity index (χ4v) is 6.93. The van der Waals surface area contributed by atoms with Crippen molar-refractivity contribution in [2.24, 2.45) is 0 Å². The van der Waals surface area contributed by atoms with Gasteiger partial charge in [0.25, 0.3) is 10.8 Å². The number of anilines is 2. The van der Waals surface area contributed by atoms with Crippen LogP contribution in [0.2, 0.25) is 0 Å². The summed E-state index contributed by atoms with van der Waals surface area (Å²) in [5.74, 6) is -1.92. The van der Waals surface area contributed by atoms with E-state index in [1.807, 2.05) is 50.2 Å². The van der Waals surface area contributed by atoms with Crippen LogP contribution in [0.1, 0.15) is 22.3 Å². The van der Waals surface area contributed by atoms with Gasteiger partial charge in [0.1, 0.15) is 5.75 Å². The van der Waals surface area contributed by atoms with Crippen LogP contribution in [0.3, 0.4) is 0 Å². The quantitative estimate of drug-likeness (QED) is 0.618. The Balaban J connectivity index is 1.77. The summed E-state index contributed by atoms with van der Waals surface area (Å²) in [7, 11) is -4.16. The Labute approximate surface area is 187 Å². The number of nitrogens with zero attached hydrogens (tertiary/aromatic N) is 2. The lowest BCUT2D eigenvalue weighted by molar-refractivity contribution is -0.123. The van der Waals surface area contributed by atoms with Crippen LogP contribution in [0.5, 0.6) is 0 Å². The summed E-state index contributed by atoms with van der Waals surface area (Å²) in [6, 6.07) is 21.7. The van der Waals surface area contributed by atoms with Gasteiger partial charge in [0.05, 0.1) is 12.2 Å². The van der Waals surface area contributed by atoms with Crippen molar-refractivity contribution in [2.45, 2.75) is 25.3 Å². The second-order valence-corrected chi connectivity index (χ2v) is 10.5. The van der Waals surface area contributed by atoms with Gasteiger partial charge in [-0.05, 0) is 48.7 Å². The number of hydrogen-bond donors (Lipinski definition) is 0. The average molecular weight is 447 g/mol. The first-order valence-corrected chi connectivity index (χ1v) is 12.0. The summed E-state index contributed by atoms with van der Waals surface area (Å²) in [5.41, 5.74) is 3.88. The van der Waals surface area contributed by atoms with E-state index >= 15 is 0 Å². The lowest BCUT2D eigenvalue weighted by atomic mass is 10.0. The van der Waals surface area contributed by atoms with Gasteiger partial charge >= 0.3 is 0 Å². The van der Waals surface area contributed by atoms with Gasteiger partial charge in [-0.15, -0.1) is 0 Å². The number of para-hydroxylation sites is 1. The molecule has 0 radical (unpaired) electrons. The van der Waals surface area contributed by atoms with Crippen molar-refractivity contribution in [3.8, 4) is 0 Å². The molecule has 2 aliphatic heterocycles. The summed E-state index contributed by atoms with van der Waals surface area (Å²) in [5, 5.41) is 0. The molecule has 0 saturated carbocycles. The number of hydrogen-bond acceptors (Lipinski definition) is 4. The molecule has 0 aliphatic carbocycles. The molecule has 2 amide bonds. The Morgan fingerprint density at radius 1 is 0.875 bits per heavy atom. The highest BCUT2D eigenvalue weighted by atomic mass is 32.2. The molecule has 0 N–H and O–H groups in total. The summed E-state index contributed by atoms with van der Waals surface area (Å²) in [6.07, 6.45) is 0. The van der Waals surface area contributed by atoms with E-state index in [4.69, 9.17) is 0 Å². The molecule has 5 rings (SSSR count). The van der Waals surface area contributed by atoms with E-state index in [9.17, 15) is 18.0 Å². The summed E-state index contributed by atoms with van der Waals surface area (Å²) < 4.78 is 27.2. The maximum atomic E-state index is 14.1. The molecular weight excluding hydrogens is 424 g/mol. The molecule has 0 unspecified atom stereocenters. The number of benzene rings is 3. The zero-order valence-electron chi connectivity index (χ0n) is 17.8. The molecule has 3 aromatic carbocycles. The van der Waals surface area contributed by atoms with Gasteiger partial charge in [0.15, 0.2) is 9.84 Å². The first-order valence-electron chi connectivity index (χ1n) is 10.3. The number of carbonyl (C=O) groups is 2. The molecule has 1 atom stereocenters. The van der Waals surface area contributed by atoms with Crippen molar-refractivity contribution in [2.75, 3.05) is 15.6 Å². The van der Waals surface area contributed by atoms with Crippen LogP contribution in [0.25, 0.3) is 0 Å². The Morgan fingerprint density at radius 2 is 1.50 bits per heavy atom. The first-order chi connectivity index (χ1) is 15.3. The van der Waals surface area contributed by atoms with Crippen LogP contribution in [0.4, 0.5) is 11.4 Å². The zero-order chi connectivity index (χ0) is 22.7. The Morgan fingerprint density at radius 3 is 2.19 bits per heavy atom. The third-order valence-corrected chi connectivity index (χ3v) is 8.18. The number of sulfone groups is 1. The van der Waals surface area contributed by atoms with Crippen molar-refractivity contribution >= 4 is 33.0 Å². The Hall–Kier alpha value is -3.45. The van der Waals surface area contributed by atoms with Gasteiger partial charge in [0, 0.05) is 11.3 Å². The van der Waals surface area contributed by atoms with E-state index in [-0.39, 0.29) is 6.54 Å². The van der Waals surface area contributed by atoms with Crippen molar-refractivity contribution in [3.05, 3.63) is 95.1 Å². The Bertz CT molecular complexity index is 1350. The van der Waals surface area contributed by atoms with Crippen molar-refractivity contribution in [1.29, 1.82) is 0 Å². The van der Waals surface area contributed by atoms with Crippen LogP contribution >= 0.6 is 0 Å². The topological polar surface area (TPSA) is 74.8 Å². The molecule has 0 bridgehead atoms. The molecule has 0 aromatic heterocycles. The summed E-state index contributed by atoms with van der Waals surface area (Å²) in [4.78, 5) is 27.8. The lowest BCUT2D eigenvalue weighted by Crippen LogP contribution is -2.54. The maximum absolute atomic E-state index is 14.1. The van der Waals surface area contributed by atoms with Gasteiger partial charge < -0.3 is 4.90 Å². The standard InChI is InChI=1S/C25H22N2O4S/c1-17-12-18(2)14-20(13-17)27-23(28)16-32(30,31)25(27)21-10-6-7-11-22(21)26(24(25)29)15-19-8-4-3-5-9-19/h3-14H,15-16H2,1-2H3/t25-/m0/s1. The van der Waals surface area contributed by atoms with Crippen LogP contribution in [0, 0.1) is 13.8 Å². The number of fused-ring (bicyclic) bond motifs is 2. The van der Waals surface area contributed by atoms with E-state index < -0.39 is 32.3 Å². The van der Waals surface area contributed by atoms with Crippen LogP contribution in [-0.2, 0) is 30.8 Å². The number of carbonyl (C=O) groups excluding carboxylic acids is 2. The van der Waals surface area contributed by atoms with Crippen molar-refractivity contribution < 1.29 is 18.0 Å². The van der Waals surface area contributed by atoms with Crippen LogP contribution < -0.4 is 9.80 Å². The van der Waals surface area contributed by atoms with Gasteiger partial charge in [-0.25, -0.2) is 8.42 Å². The van der Waals surface area contributed by atoms with Gasteiger partial charge in [-0.3, -0.25) is 14.5 Å². The fraction of sp³-hybridized carbons (Fsp3) is 0.200. The third kappa shape index (κ3) is 2.74. The van der Waals surface area contributed by atoms with Crippen molar-refractivity contribution in [1.82, 2.24) is 0 Å². The van der Waals surface area contributed by atoms with Crippen LogP contribution in [-0.4, -0.2) is 26.0 Å². The largest absolute Gasteiger partial charge is 0.304 e. The molecule has 1 fully saturated rings. The normalized spacial score (nSPS) is 21.4. The molecule has 3 aromatic rings. The highest BCUT2D eigenvalue weighted by molar-refractivity contribution is 7.94. The van der Waals surface area contributed by atoms with Gasteiger partial charge in [0.2, 0.25) is 5.91 Å².